The summed E-state index contributed by atoms with van der Waals surface area (Å²) in [5.74, 6) is -0.269. The third kappa shape index (κ3) is 1.90. The number of piperidine rings is 1. The summed E-state index contributed by atoms with van der Waals surface area (Å²) >= 11 is 0. The molecule has 0 atom stereocenters. The average molecular weight is 247 g/mol. The summed E-state index contributed by atoms with van der Waals surface area (Å²) in [7, 11) is 0. The predicted molar refractivity (Wildman–Crippen MR) is 66.3 cm³/mol. The first-order valence-corrected chi connectivity index (χ1v) is 6.14. The molecule has 1 saturated heterocycles. The molecule has 1 aliphatic rings. The van der Waals surface area contributed by atoms with E-state index in [4.69, 9.17) is 0 Å². The maximum atomic E-state index is 13.5. The van der Waals surface area contributed by atoms with Crippen LogP contribution in [0.3, 0.4) is 0 Å². The summed E-state index contributed by atoms with van der Waals surface area (Å²) in [6.45, 7) is 1.88. The van der Waals surface area contributed by atoms with Gasteiger partial charge in [-0.3, -0.25) is 4.79 Å². The lowest BCUT2D eigenvalue weighted by atomic mass is 9.94. The quantitative estimate of drug-likeness (QED) is 0.773. The Hall–Kier alpha value is -1.75. The number of fused-ring (bicyclic) bond motifs is 1. The molecule has 0 unspecified atom stereocenters. The normalized spacial score (nSPS) is 17.2. The summed E-state index contributed by atoms with van der Waals surface area (Å²) in [6.07, 6.45) is 1.94. The molecule has 3 heterocycles. The Morgan fingerprint density at radius 3 is 2.89 bits per heavy atom. The van der Waals surface area contributed by atoms with Crippen LogP contribution >= 0.6 is 0 Å². The molecule has 1 N–H and O–H groups in total. The second-order valence-corrected chi connectivity index (χ2v) is 4.59. The van der Waals surface area contributed by atoms with Gasteiger partial charge in [-0.15, -0.1) is 0 Å². The molecule has 5 heteroatoms. The van der Waals surface area contributed by atoms with Gasteiger partial charge in [0.05, 0.1) is 5.69 Å². The van der Waals surface area contributed by atoms with E-state index in [0.29, 0.717) is 11.6 Å². The standard InChI is InChI=1S/C13H14FN3O/c14-11-2-1-3-12-16-10(8-13(18)17(11)12)9-4-6-15-7-5-9/h1-3,8-9,15H,4-7H2. The van der Waals surface area contributed by atoms with Crippen LogP contribution in [0.2, 0.25) is 0 Å². The fourth-order valence-electron chi connectivity index (χ4n) is 2.46. The van der Waals surface area contributed by atoms with Gasteiger partial charge in [-0.1, -0.05) is 6.07 Å². The minimum Gasteiger partial charge on any atom is -0.317 e. The van der Waals surface area contributed by atoms with Crippen molar-refractivity contribution in [1.82, 2.24) is 14.7 Å². The summed E-state index contributed by atoms with van der Waals surface area (Å²) in [4.78, 5) is 16.3. The molecule has 0 aromatic carbocycles. The van der Waals surface area contributed by atoms with Crippen LogP contribution in [0.15, 0.2) is 29.1 Å². The molecule has 1 fully saturated rings. The summed E-state index contributed by atoms with van der Waals surface area (Å²) < 4.78 is 14.5. The van der Waals surface area contributed by atoms with E-state index >= 15 is 0 Å². The smallest absolute Gasteiger partial charge is 0.260 e. The molecule has 94 valence electrons. The van der Waals surface area contributed by atoms with Gasteiger partial charge in [0.25, 0.3) is 5.56 Å². The van der Waals surface area contributed by atoms with Crippen LogP contribution < -0.4 is 10.9 Å². The lowest BCUT2D eigenvalue weighted by Gasteiger charge is -2.22. The number of nitrogens with zero attached hydrogens (tertiary/aromatic N) is 2. The average Bonchev–Trinajstić information content (AvgIpc) is 2.39. The monoisotopic (exact) mass is 247 g/mol. The Morgan fingerprint density at radius 2 is 2.11 bits per heavy atom. The first-order valence-electron chi connectivity index (χ1n) is 6.14. The molecule has 1 aliphatic heterocycles. The highest BCUT2D eigenvalue weighted by Gasteiger charge is 2.18. The lowest BCUT2D eigenvalue weighted by Crippen LogP contribution is -2.28. The highest BCUT2D eigenvalue weighted by Crippen LogP contribution is 2.22. The van der Waals surface area contributed by atoms with Gasteiger partial charge in [-0.05, 0) is 38.1 Å². The molecular weight excluding hydrogens is 233 g/mol. The zero-order chi connectivity index (χ0) is 12.5. The number of rotatable bonds is 1. The van der Waals surface area contributed by atoms with E-state index in [0.717, 1.165) is 36.0 Å². The van der Waals surface area contributed by atoms with Gasteiger partial charge < -0.3 is 5.32 Å². The Labute approximate surface area is 103 Å². The van der Waals surface area contributed by atoms with Gasteiger partial charge >= 0.3 is 0 Å². The fourth-order valence-corrected chi connectivity index (χ4v) is 2.46. The number of aromatic nitrogens is 2. The molecule has 0 aliphatic carbocycles. The first kappa shape index (κ1) is 11.3. The number of nitrogens with one attached hydrogen (secondary N) is 1. The van der Waals surface area contributed by atoms with E-state index in [1.807, 2.05) is 0 Å². The van der Waals surface area contributed by atoms with Crippen molar-refractivity contribution in [2.45, 2.75) is 18.8 Å². The van der Waals surface area contributed by atoms with E-state index in [9.17, 15) is 9.18 Å². The number of pyridine rings is 1. The third-order valence-corrected chi connectivity index (χ3v) is 3.41. The molecule has 0 radical (unpaired) electrons. The Morgan fingerprint density at radius 1 is 1.33 bits per heavy atom. The van der Waals surface area contributed by atoms with Crippen molar-refractivity contribution >= 4 is 5.65 Å². The van der Waals surface area contributed by atoms with E-state index < -0.39 is 5.95 Å². The molecule has 0 bridgehead atoms. The molecule has 3 rings (SSSR count). The Balaban J connectivity index is 2.12. The van der Waals surface area contributed by atoms with E-state index in [-0.39, 0.29) is 5.56 Å². The Bertz CT molecular complexity index is 632. The molecule has 2 aromatic heterocycles. The second-order valence-electron chi connectivity index (χ2n) is 4.59. The van der Waals surface area contributed by atoms with Gasteiger partial charge in [0.2, 0.25) is 5.95 Å². The van der Waals surface area contributed by atoms with Crippen molar-refractivity contribution < 1.29 is 4.39 Å². The molecule has 0 saturated carbocycles. The number of halogens is 1. The maximum absolute atomic E-state index is 13.5. The van der Waals surface area contributed by atoms with Crippen LogP contribution in [0.4, 0.5) is 4.39 Å². The number of hydrogen-bond donors (Lipinski definition) is 1. The zero-order valence-electron chi connectivity index (χ0n) is 9.90. The topological polar surface area (TPSA) is 46.4 Å². The predicted octanol–water partition coefficient (Wildman–Crippen LogP) is 1.30. The minimum atomic E-state index is -0.568. The summed E-state index contributed by atoms with van der Waals surface area (Å²) in [6, 6.07) is 5.96. The van der Waals surface area contributed by atoms with Crippen molar-refractivity contribution in [2.75, 3.05) is 13.1 Å². The molecule has 0 spiro atoms. The molecule has 2 aromatic rings. The molecule has 18 heavy (non-hydrogen) atoms. The first-order chi connectivity index (χ1) is 8.75. The van der Waals surface area contributed by atoms with Crippen LogP contribution in [0.5, 0.6) is 0 Å². The maximum Gasteiger partial charge on any atom is 0.260 e. The SMILES string of the molecule is O=c1cc(C2CCNCC2)nc2cccc(F)n12. The molecule has 4 nitrogen and oxygen atoms in total. The lowest BCUT2D eigenvalue weighted by molar-refractivity contribution is 0.452. The van der Waals surface area contributed by atoms with E-state index in [2.05, 4.69) is 10.3 Å². The van der Waals surface area contributed by atoms with Crippen LogP contribution in [0, 0.1) is 5.95 Å². The van der Waals surface area contributed by atoms with Crippen molar-refractivity contribution in [1.29, 1.82) is 0 Å². The molecular formula is C13H14FN3O. The van der Waals surface area contributed by atoms with Gasteiger partial charge in [-0.25, -0.2) is 9.38 Å². The van der Waals surface area contributed by atoms with Crippen molar-refractivity contribution in [3.8, 4) is 0 Å². The van der Waals surface area contributed by atoms with Crippen molar-refractivity contribution in [3.05, 3.63) is 46.3 Å². The van der Waals surface area contributed by atoms with E-state index in [1.54, 1.807) is 12.1 Å². The van der Waals surface area contributed by atoms with E-state index in [1.165, 1.54) is 12.1 Å². The highest BCUT2D eigenvalue weighted by molar-refractivity contribution is 5.39. The molecule has 0 amide bonds. The summed E-state index contributed by atoms with van der Waals surface area (Å²) in [5, 5.41) is 3.27. The zero-order valence-corrected chi connectivity index (χ0v) is 9.90. The largest absolute Gasteiger partial charge is 0.317 e. The third-order valence-electron chi connectivity index (χ3n) is 3.41. The van der Waals surface area contributed by atoms with Gasteiger partial charge in [-0.2, -0.15) is 4.39 Å². The van der Waals surface area contributed by atoms with Crippen LogP contribution in [-0.2, 0) is 0 Å². The van der Waals surface area contributed by atoms with Crippen LogP contribution in [0.1, 0.15) is 24.5 Å². The van der Waals surface area contributed by atoms with Gasteiger partial charge in [0.1, 0.15) is 5.65 Å². The number of hydrogen-bond acceptors (Lipinski definition) is 3. The van der Waals surface area contributed by atoms with Crippen molar-refractivity contribution in [3.63, 3.8) is 0 Å². The van der Waals surface area contributed by atoms with Crippen molar-refractivity contribution in [2.24, 2.45) is 0 Å². The van der Waals surface area contributed by atoms with Gasteiger partial charge in [0, 0.05) is 12.0 Å². The second kappa shape index (κ2) is 4.49. The Kier molecular flexibility index (Phi) is 2.83. The minimum absolute atomic E-state index is 0.298. The highest BCUT2D eigenvalue weighted by atomic mass is 19.1. The van der Waals surface area contributed by atoms with Crippen LogP contribution in [-0.4, -0.2) is 22.5 Å². The van der Waals surface area contributed by atoms with Crippen LogP contribution in [0.25, 0.3) is 5.65 Å². The fraction of sp³-hybridized carbons (Fsp3) is 0.385. The van der Waals surface area contributed by atoms with Gasteiger partial charge in [0.15, 0.2) is 0 Å². The summed E-state index contributed by atoms with van der Waals surface area (Å²) in [5.41, 5.74) is 0.828.